The van der Waals surface area contributed by atoms with Gasteiger partial charge >= 0.3 is 6.09 Å². The molecule has 190 valence electrons. The van der Waals surface area contributed by atoms with Gasteiger partial charge in [-0.1, -0.05) is 43.5 Å². The minimum atomic E-state index is -2.03. The third kappa shape index (κ3) is 3.09. The molecule has 6 atom stereocenters. The van der Waals surface area contributed by atoms with Gasteiger partial charge in [0.2, 0.25) is 11.8 Å². The maximum absolute atomic E-state index is 13.6. The lowest BCUT2D eigenvalue weighted by molar-refractivity contribution is -0.140. The van der Waals surface area contributed by atoms with Gasteiger partial charge in [0, 0.05) is 16.0 Å². The molecule has 0 spiro atoms. The second kappa shape index (κ2) is 8.54. The molecule has 0 aromatic heterocycles. The first kappa shape index (κ1) is 25.7. The Balaban J connectivity index is 1.74. The van der Waals surface area contributed by atoms with Gasteiger partial charge in [0.15, 0.2) is 9.75 Å². The van der Waals surface area contributed by atoms with Crippen LogP contribution in [0.5, 0.6) is 5.75 Å². The molecule has 2 aliphatic heterocycles. The molecule has 1 N–H and O–H groups in total. The molecule has 1 aromatic rings. The van der Waals surface area contributed by atoms with Crippen LogP contribution in [0.25, 0.3) is 0 Å². The highest BCUT2D eigenvalue weighted by molar-refractivity contribution is 9.10. The lowest BCUT2D eigenvalue weighted by Gasteiger charge is -2.50. The van der Waals surface area contributed by atoms with Crippen LogP contribution in [0.15, 0.2) is 34.3 Å². The number of likely N-dealkylation sites (tertiary alicyclic amines) is 2. The quantitative estimate of drug-likeness (QED) is 0.222. The number of allylic oxidation sites excluding steroid dienone is 2. The van der Waals surface area contributed by atoms with Gasteiger partial charge in [-0.05, 0) is 37.0 Å². The molecular weight excluding hydrogens is 647 g/mol. The van der Waals surface area contributed by atoms with E-state index in [0.29, 0.717) is 14.9 Å². The van der Waals surface area contributed by atoms with Gasteiger partial charge in [0.05, 0.1) is 24.4 Å². The van der Waals surface area contributed by atoms with Crippen molar-refractivity contribution in [3.05, 3.63) is 39.9 Å². The first-order valence-corrected chi connectivity index (χ1v) is 13.5. The number of imide groups is 4. The van der Waals surface area contributed by atoms with Crippen LogP contribution in [0.2, 0.25) is 0 Å². The number of hydrogen-bond donors (Lipinski definition) is 1. The molecule has 3 fully saturated rings. The van der Waals surface area contributed by atoms with Crippen molar-refractivity contribution in [3.63, 3.8) is 0 Å². The standard InChI is InChI=1S/C23H18Br2Cl2N2O7/c1-36-21(35)29-17(31)11-4-3-10-13(15(11)18(29)32)7-22(26)19(33)28(8-24)20(34)23(22,27)16(10)12-6-9(25)2-5-14(12)30/h2-3,5-6,11,13,15-16,30H,4,7-8H2,1H3. The molecule has 5 rings (SSSR count). The Morgan fingerprint density at radius 3 is 2.50 bits per heavy atom. The number of halogens is 4. The van der Waals surface area contributed by atoms with Crippen molar-refractivity contribution in [1.82, 2.24) is 9.80 Å². The third-order valence-electron chi connectivity index (χ3n) is 7.67. The summed E-state index contributed by atoms with van der Waals surface area (Å²) in [6.45, 7) is 0. The number of methoxy groups -OCH3 is 1. The summed E-state index contributed by atoms with van der Waals surface area (Å²) in [5.74, 6) is -6.94. The lowest BCUT2D eigenvalue weighted by atomic mass is 9.56. The molecule has 0 bridgehead atoms. The van der Waals surface area contributed by atoms with Crippen molar-refractivity contribution in [2.24, 2.45) is 17.8 Å². The van der Waals surface area contributed by atoms with Crippen LogP contribution in [0.4, 0.5) is 4.79 Å². The molecule has 2 saturated heterocycles. The van der Waals surface area contributed by atoms with Gasteiger partial charge < -0.3 is 9.84 Å². The highest BCUT2D eigenvalue weighted by Crippen LogP contribution is 2.66. The number of aromatic hydroxyl groups is 1. The van der Waals surface area contributed by atoms with E-state index in [4.69, 9.17) is 23.2 Å². The maximum Gasteiger partial charge on any atom is 0.423 e. The fourth-order valence-electron chi connectivity index (χ4n) is 6.13. The second-order valence-corrected chi connectivity index (χ2v) is 11.8. The van der Waals surface area contributed by atoms with Crippen LogP contribution >= 0.6 is 55.1 Å². The number of nitrogens with zero attached hydrogens (tertiary/aromatic N) is 2. The summed E-state index contributed by atoms with van der Waals surface area (Å²) in [6, 6.07) is 4.59. The molecule has 5 amide bonds. The average Bonchev–Trinajstić information content (AvgIpc) is 3.18. The van der Waals surface area contributed by atoms with Gasteiger partial charge in [-0.25, -0.2) is 4.79 Å². The summed E-state index contributed by atoms with van der Waals surface area (Å²) in [6.07, 6.45) is 0.478. The molecule has 36 heavy (non-hydrogen) atoms. The number of benzene rings is 1. The van der Waals surface area contributed by atoms with E-state index in [1.165, 1.54) is 6.07 Å². The highest BCUT2D eigenvalue weighted by Gasteiger charge is 2.76. The van der Waals surface area contributed by atoms with E-state index in [2.05, 4.69) is 36.6 Å². The van der Waals surface area contributed by atoms with E-state index in [1.807, 2.05) is 0 Å². The summed E-state index contributed by atoms with van der Waals surface area (Å²) in [7, 11) is 1.06. The van der Waals surface area contributed by atoms with Crippen molar-refractivity contribution in [3.8, 4) is 5.75 Å². The van der Waals surface area contributed by atoms with Crippen LogP contribution in [0.1, 0.15) is 24.3 Å². The Hall–Kier alpha value is -1.95. The summed E-state index contributed by atoms with van der Waals surface area (Å²) in [5.41, 5.74) is 0.577. The van der Waals surface area contributed by atoms with Crippen molar-refractivity contribution in [2.45, 2.75) is 28.5 Å². The molecule has 0 radical (unpaired) electrons. The van der Waals surface area contributed by atoms with Crippen molar-refractivity contribution >= 4 is 84.8 Å². The van der Waals surface area contributed by atoms with Crippen LogP contribution < -0.4 is 0 Å². The topological polar surface area (TPSA) is 121 Å². The highest BCUT2D eigenvalue weighted by atomic mass is 79.9. The van der Waals surface area contributed by atoms with Crippen LogP contribution in [0, 0.1) is 17.8 Å². The Morgan fingerprint density at radius 2 is 1.86 bits per heavy atom. The summed E-state index contributed by atoms with van der Waals surface area (Å²) in [4.78, 5) is 63.1. The van der Waals surface area contributed by atoms with E-state index < -0.39 is 63.1 Å². The number of alkyl halides is 3. The van der Waals surface area contributed by atoms with E-state index in [1.54, 1.807) is 18.2 Å². The monoisotopic (exact) mass is 662 g/mol. The van der Waals surface area contributed by atoms with Gasteiger partial charge in [-0.3, -0.25) is 24.1 Å². The van der Waals surface area contributed by atoms with Crippen molar-refractivity contribution in [2.75, 3.05) is 12.6 Å². The SMILES string of the molecule is COC(=O)N1C(=O)C2CC=C3C(CC4(Cl)C(=O)N(CBr)C(=O)C4(Cl)C3c3cc(Br)ccc3O)C2C1=O. The number of carbonyl (C=O) groups excluding carboxylic acids is 5. The fraction of sp³-hybridized carbons (Fsp3) is 0.435. The molecule has 13 heteroatoms. The number of carbonyl (C=O) groups is 5. The van der Waals surface area contributed by atoms with E-state index in [-0.39, 0.29) is 29.6 Å². The van der Waals surface area contributed by atoms with Gasteiger partial charge in [0.1, 0.15) is 5.75 Å². The Morgan fingerprint density at radius 1 is 1.17 bits per heavy atom. The maximum atomic E-state index is 13.6. The Kier molecular flexibility index (Phi) is 6.09. The fourth-order valence-corrected chi connectivity index (χ4v) is 7.92. The molecule has 9 nitrogen and oxygen atoms in total. The zero-order valence-electron chi connectivity index (χ0n) is 18.5. The first-order valence-electron chi connectivity index (χ1n) is 10.9. The molecule has 1 saturated carbocycles. The van der Waals surface area contributed by atoms with E-state index >= 15 is 0 Å². The molecule has 2 aliphatic carbocycles. The van der Waals surface area contributed by atoms with Crippen molar-refractivity contribution < 1.29 is 33.8 Å². The molecule has 2 heterocycles. The van der Waals surface area contributed by atoms with Crippen LogP contribution in [-0.4, -0.2) is 66.9 Å². The summed E-state index contributed by atoms with van der Waals surface area (Å²) < 4.78 is 5.21. The molecule has 6 unspecified atom stereocenters. The second-order valence-electron chi connectivity index (χ2n) is 9.17. The smallest absolute Gasteiger partial charge is 0.423 e. The molecule has 1 aromatic carbocycles. The number of phenolic OH excluding ortho intramolecular Hbond substituents is 1. The van der Waals surface area contributed by atoms with Gasteiger partial charge in [-0.15, -0.1) is 23.2 Å². The lowest BCUT2D eigenvalue weighted by Crippen LogP contribution is -2.60. The number of ether oxygens (including phenoxy) is 1. The Bertz CT molecular complexity index is 1290. The average molecular weight is 665 g/mol. The number of amides is 5. The Labute approximate surface area is 231 Å². The molecular formula is C23H18Br2Cl2N2O7. The third-order valence-corrected chi connectivity index (χ3v) is 10.1. The van der Waals surface area contributed by atoms with Crippen LogP contribution in [0.3, 0.4) is 0 Å². The normalized spacial score (nSPS) is 35.4. The number of phenols is 1. The summed E-state index contributed by atoms with van der Waals surface area (Å²) in [5, 5.41) is 10.8. The number of fused-ring (bicyclic) bond motifs is 4. The minimum absolute atomic E-state index is 0.0897. The largest absolute Gasteiger partial charge is 0.508 e. The van der Waals surface area contributed by atoms with Crippen molar-refractivity contribution in [1.29, 1.82) is 0 Å². The molecule has 4 aliphatic rings. The van der Waals surface area contributed by atoms with Gasteiger partial charge in [-0.2, -0.15) is 4.90 Å². The van der Waals surface area contributed by atoms with E-state index in [9.17, 15) is 29.1 Å². The first-order chi connectivity index (χ1) is 16.9. The predicted molar refractivity (Wildman–Crippen MR) is 133 cm³/mol. The van der Waals surface area contributed by atoms with Crippen LogP contribution in [-0.2, 0) is 23.9 Å². The number of rotatable bonds is 2. The van der Waals surface area contributed by atoms with Gasteiger partial charge in [0.25, 0.3) is 11.8 Å². The zero-order chi connectivity index (χ0) is 26.3. The summed E-state index contributed by atoms with van der Waals surface area (Å²) >= 11 is 20.6. The van der Waals surface area contributed by atoms with E-state index in [0.717, 1.165) is 12.0 Å². The predicted octanol–water partition coefficient (Wildman–Crippen LogP) is 3.63. The minimum Gasteiger partial charge on any atom is -0.508 e. The zero-order valence-corrected chi connectivity index (χ0v) is 23.2. The number of hydrogen-bond acceptors (Lipinski definition) is 7.